The van der Waals surface area contributed by atoms with Gasteiger partial charge in [-0.2, -0.15) is 30.7 Å². The van der Waals surface area contributed by atoms with Crippen molar-refractivity contribution >= 4 is 5.69 Å². The summed E-state index contributed by atoms with van der Waals surface area (Å²) in [6.07, 6.45) is -10.5. The predicted molar refractivity (Wildman–Crippen MR) is 50.9 cm³/mol. The highest BCUT2D eigenvalue weighted by molar-refractivity contribution is 5.43. The van der Waals surface area contributed by atoms with Gasteiger partial charge in [0.25, 0.3) is 0 Å². The quantitative estimate of drug-likeness (QED) is 0.647. The first kappa shape index (κ1) is 15.5. The minimum absolute atomic E-state index is 0.354. The molecule has 1 nitrogen and oxygen atoms in total. The molecule has 9 heteroatoms. The number of benzene rings is 1. The number of rotatable bonds is 4. The van der Waals surface area contributed by atoms with Gasteiger partial charge in [-0.1, -0.05) is 18.2 Å². The molecule has 19 heavy (non-hydrogen) atoms. The van der Waals surface area contributed by atoms with Gasteiger partial charge in [0.05, 0.1) is 0 Å². The number of halogens is 8. The van der Waals surface area contributed by atoms with E-state index >= 15 is 0 Å². The maximum absolute atomic E-state index is 13.1. The molecule has 0 bridgehead atoms. The number of para-hydroxylation sites is 1. The zero-order chi connectivity index (χ0) is 14.9. The number of hydrogen-bond donors (Lipinski definition) is 1. The molecule has 0 aliphatic heterocycles. The maximum Gasteiger partial charge on any atom is 0.460 e. The smallest absolute Gasteiger partial charge is 0.351 e. The van der Waals surface area contributed by atoms with Crippen molar-refractivity contribution in [3.8, 4) is 0 Å². The Labute approximate surface area is 102 Å². The standard InChI is InChI=1S/C10H7F8N/c11-7(19-6-4-2-1-3-5-6)8(12,13)9(14,15)10(16,17)18/h1-5,7,19H. The van der Waals surface area contributed by atoms with Crippen LogP contribution in [0, 0.1) is 0 Å². The molecule has 108 valence electrons. The molecule has 0 amide bonds. The first-order valence-corrected chi connectivity index (χ1v) is 4.78. The van der Waals surface area contributed by atoms with Crippen LogP contribution in [0.15, 0.2) is 30.3 Å². The molecule has 1 atom stereocenters. The van der Waals surface area contributed by atoms with Crippen molar-refractivity contribution in [2.45, 2.75) is 24.3 Å². The van der Waals surface area contributed by atoms with Gasteiger partial charge in [-0.05, 0) is 12.1 Å². The first-order valence-electron chi connectivity index (χ1n) is 4.78. The number of hydrogen-bond acceptors (Lipinski definition) is 1. The van der Waals surface area contributed by atoms with Gasteiger partial charge in [0, 0.05) is 5.69 Å². The van der Waals surface area contributed by atoms with Crippen LogP contribution in [0.2, 0.25) is 0 Å². The van der Waals surface area contributed by atoms with E-state index in [1.54, 1.807) is 0 Å². The van der Waals surface area contributed by atoms with Crippen molar-refractivity contribution in [1.82, 2.24) is 0 Å². The van der Waals surface area contributed by atoms with E-state index in [9.17, 15) is 35.1 Å². The van der Waals surface area contributed by atoms with Gasteiger partial charge in [-0.3, -0.25) is 0 Å². The first-order chi connectivity index (χ1) is 8.50. The molecule has 0 aliphatic rings. The molecule has 0 saturated heterocycles. The summed E-state index contributed by atoms with van der Waals surface area (Å²) in [5.74, 6) is -12.4. The Morgan fingerprint density at radius 1 is 0.842 bits per heavy atom. The van der Waals surface area contributed by atoms with Gasteiger partial charge in [0.2, 0.25) is 6.30 Å². The average molecular weight is 293 g/mol. The van der Waals surface area contributed by atoms with E-state index in [0.29, 0.717) is 0 Å². The number of nitrogens with one attached hydrogen (secondary N) is 1. The summed E-state index contributed by atoms with van der Waals surface area (Å²) in [6, 6.07) is 6.01. The van der Waals surface area contributed by atoms with Crippen molar-refractivity contribution in [3.63, 3.8) is 0 Å². The van der Waals surface area contributed by atoms with Crippen molar-refractivity contribution in [1.29, 1.82) is 0 Å². The SMILES string of the molecule is FC(Nc1ccccc1)C(F)(F)C(F)(F)C(F)(F)F. The van der Waals surface area contributed by atoms with E-state index in [-0.39, 0.29) is 5.69 Å². The van der Waals surface area contributed by atoms with Crippen molar-refractivity contribution in [3.05, 3.63) is 30.3 Å². The molecule has 0 heterocycles. The van der Waals surface area contributed by atoms with Gasteiger partial charge < -0.3 is 5.32 Å². The van der Waals surface area contributed by atoms with Crippen molar-refractivity contribution in [2.24, 2.45) is 0 Å². The summed E-state index contributed by atoms with van der Waals surface area (Å²) in [4.78, 5) is 0. The highest BCUT2D eigenvalue weighted by atomic mass is 19.4. The van der Waals surface area contributed by atoms with E-state index in [0.717, 1.165) is 12.1 Å². The minimum atomic E-state index is -6.56. The fraction of sp³-hybridized carbons (Fsp3) is 0.400. The van der Waals surface area contributed by atoms with Crippen LogP contribution in [0.3, 0.4) is 0 Å². The molecule has 0 aromatic heterocycles. The van der Waals surface area contributed by atoms with Gasteiger partial charge in [0.15, 0.2) is 0 Å². The summed E-state index contributed by atoms with van der Waals surface area (Å²) in [5.41, 5.74) is -0.354. The van der Waals surface area contributed by atoms with E-state index in [4.69, 9.17) is 0 Å². The molecule has 0 spiro atoms. The Morgan fingerprint density at radius 3 is 1.74 bits per heavy atom. The van der Waals surface area contributed by atoms with Gasteiger partial charge in [-0.25, -0.2) is 4.39 Å². The summed E-state index contributed by atoms with van der Waals surface area (Å²) >= 11 is 0. The van der Waals surface area contributed by atoms with Gasteiger partial charge >= 0.3 is 18.0 Å². The fourth-order valence-corrected chi connectivity index (χ4v) is 1.12. The minimum Gasteiger partial charge on any atom is -0.351 e. The topological polar surface area (TPSA) is 12.0 Å². The second-order valence-electron chi connectivity index (χ2n) is 3.57. The average Bonchev–Trinajstić information content (AvgIpc) is 2.28. The lowest BCUT2D eigenvalue weighted by Crippen LogP contribution is -2.58. The molecule has 1 rings (SSSR count). The summed E-state index contributed by atoms with van der Waals surface area (Å²) in [7, 11) is 0. The zero-order valence-electron chi connectivity index (χ0n) is 8.99. The Kier molecular flexibility index (Phi) is 3.97. The molecule has 1 N–H and O–H groups in total. The molecule has 1 aromatic rings. The fourth-order valence-electron chi connectivity index (χ4n) is 1.12. The van der Waals surface area contributed by atoms with Crippen LogP contribution in [-0.4, -0.2) is 24.3 Å². The van der Waals surface area contributed by atoms with Crippen LogP contribution in [0.5, 0.6) is 0 Å². The summed E-state index contributed by atoms with van der Waals surface area (Å²) < 4.78 is 99.2. The highest BCUT2D eigenvalue weighted by Crippen LogP contribution is 2.48. The van der Waals surface area contributed by atoms with Crippen LogP contribution in [-0.2, 0) is 0 Å². The van der Waals surface area contributed by atoms with E-state index in [1.165, 1.54) is 23.5 Å². The number of anilines is 1. The summed E-state index contributed by atoms with van der Waals surface area (Å²) in [6.45, 7) is 0. The Bertz CT molecular complexity index is 413. The van der Waals surface area contributed by atoms with E-state index in [2.05, 4.69) is 0 Å². The third-order valence-electron chi connectivity index (χ3n) is 2.16. The van der Waals surface area contributed by atoms with Crippen LogP contribution < -0.4 is 5.32 Å². The second kappa shape index (κ2) is 4.86. The number of alkyl halides is 8. The van der Waals surface area contributed by atoms with Gasteiger partial charge in [0.1, 0.15) is 0 Å². The van der Waals surface area contributed by atoms with E-state index < -0.39 is 24.3 Å². The molecule has 0 saturated carbocycles. The largest absolute Gasteiger partial charge is 0.460 e. The van der Waals surface area contributed by atoms with E-state index in [1.807, 2.05) is 0 Å². The molecule has 1 unspecified atom stereocenters. The van der Waals surface area contributed by atoms with Crippen LogP contribution >= 0.6 is 0 Å². The Hall–Kier alpha value is -1.54. The normalized spacial score (nSPS) is 15.2. The van der Waals surface area contributed by atoms with Crippen molar-refractivity contribution in [2.75, 3.05) is 5.32 Å². The van der Waals surface area contributed by atoms with Crippen LogP contribution in [0.4, 0.5) is 40.8 Å². The Morgan fingerprint density at radius 2 is 1.32 bits per heavy atom. The lowest BCUT2D eigenvalue weighted by atomic mass is 10.1. The van der Waals surface area contributed by atoms with Gasteiger partial charge in [-0.15, -0.1) is 0 Å². The monoisotopic (exact) mass is 293 g/mol. The predicted octanol–water partition coefficient (Wildman–Crippen LogP) is 4.23. The highest BCUT2D eigenvalue weighted by Gasteiger charge is 2.76. The maximum atomic E-state index is 13.1. The molecule has 0 fully saturated rings. The molecular weight excluding hydrogens is 286 g/mol. The van der Waals surface area contributed by atoms with Crippen molar-refractivity contribution < 1.29 is 35.1 Å². The van der Waals surface area contributed by atoms with Crippen LogP contribution in [0.1, 0.15) is 0 Å². The lowest BCUT2D eigenvalue weighted by Gasteiger charge is -2.30. The Balaban J connectivity index is 2.94. The lowest BCUT2D eigenvalue weighted by molar-refractivity contribution is -0.363. The zero-order valence-corrected chi connectivity index (χ0v) is 8.99. The molecular formula is C10H7F8N. The second-order valence-corrected chi connectivity index (χ2v) is 3.57. The van der Waals surface area contributed by atoms with Crippen LogP contribution in [0.25, 0.3) is 0 Å². The third kappa shape index (κ3) is 2.90. The third-order valence-corrected chi connectivity index (χ3v) is 2.16. The summed E-state index contributed by atoms with van der Waals surface area (Å²) in [5, 5.41) is 1.26. The molecule has 0 aliphatic carbocycles. The molecule has 0 radical (unpaired) electrons. The molecule has 1 aromatic carbocycles.